The average molecular weight is 454 g/mol. The minimum Gasteiger partial charge on any atom is -0.456 e. The fraction of sp³-hybridized carbons (Fsp3) is 0.682. The van der Waals surface area contributed by atoms with Gasteiger partial charge in [-0.1, -0.05) is 20.8 Å². The zero-order valence-corrected chi connectivity index (χ0v) is 21.4. The predicted octanol–water partition coefficient (Wildman–Crippen LogP) is 4.80. The number of nitrogens with one attached hydrogen (secondary N) is 1. The highest BCUT2D eigenvalue weighted by molar-refractivity contribution is 7.12. The van der Waals surface area contributed by atoms with Gasteiger partial charge in [-0.25, -0.2) is 4.79 Å². The van der Waals surface area contributed by atoms with E-state index in [4.69, 9.17) is 9.16 Å². The van der Waals surface area contributed by atoms with Crippen LogP contribution in [-0.2, 0) is 14.0 Å². The number of β-lactam (4-membered cyclic amide) rings is 1. The number of carbonyl (C=O) groups excluding carboxylic acids is 3. The highest BCUT2D eigenvalue weighted by atomic mass is 32.1. The molecule has 6 nitrogen and oxygen atoms in total. The number of hydrogen-bond donors (Lipinski definition) is 1. The van der Waals surface area contributed by atoms with Gasteiger partial charge in [-0.2, -0.15) is 0 Å². The second-order valence-electron chi connectivity index (χ2n) is 10.6. The van der Waals surface area contributed by atoms with E-state index in [9.17, 15) is 14.4 Å². The van der Waals surface area contributed by atoms with E-state index < -0.39 is 19.9 Å². The third kappa shape index (κ3) is 5.80. The summed E-state index contributed by atoms with van der Waals surface area (Å²) in [6.45, 7) is 18.1. The lowest BCUT2D eigenvalue weighted by Gasteiger charge is -2.45. The molecule has 1 aromatic heterocycles. The first kappa shape index (κ1) is 24.8. The van der Waals surface area contributed by atoms with E-state index in [2.05, 4.69) is 39.2 Å². The number of ether oxygens (including phenoxy) is 1. The molecule has 0 aromatic carbocycles. The standard InChI is InChI=1S/C22H35NO5SSi/c1-13(28-30(8,9)22(5,6)7)18-15(23-19(18)25)11-16(24)17-10-14(12-29-17)20(26)27-21(2,3)4/h10,12-13,15,18H,11H2,1-9H3,(H,23,25)/t13-,15+,18+/m0/s1. The number of rotatable bonds is 7. The van der Waals surface area contributed by atoms with Gasteiger partial charge in [0.15, 0.2) is 14.1 Å². The molecule has 0 saturated carbocycles. The first-order valence-corrected chi connectivity index (χ1v) is 14.1. The lowest BCUT2D eigenvalue weighted by atomic mass is 9.83. The monoisotopic (exact) mass is 453 g/mol. The van der Waals surface area contributed by atoms with E-state index in [0.29, 0.717) is 10.4 Å². The van der Waals surface area contributed by atoms with Crippen molar-refractivity contribution in [3.63, 3.8) is 0 Å². The van der Waals surface area contributed by atoms with Crippen LogP contribution < -0.4 is 5.32 Å². The Morgan fingerprint density at radius 2 is 1.80 bits per heavy atom. The molecule has 2 rings (SSSR count). The van der Waals surface area contributed by atoms with Crippen molar-refractivity contribution in [1.29, 1.82) is 0 Å². The molecule has 168 valence electrons. The Bertz CT molecular complexity index is 818. The topological polar surface area (TPSA) is 81.7 Å². The predicted molar refractivity (Wildman–Crippen MR) is 122 cm³/mol. The Morgan fingerprint density at radius 1 is 1.20 bits per heavy atom. The van der Waals surface area contributed by atoms with E-state index in [0.717, 1.165) is 0 Å². The lowest BCUT2D eigenvalue weighted by Crippen LogP contribution is -2.64. The molecule has 1 fully saturated rings. The lowest BCUT2D eigenvalue weighted by molar-refractivity contribution is -0.139. The molecule has 1 amide bonds. The van der Waals surface area contributed by atoms with Crippen molar-refractivity contribution < 1.29 is 23.5 Å². The molecule has 1 aliphatic rings. The van der Waals surface area contributed by atoms with Crippen molar-refractivity contribution in [2.24, 2.45) is 5.92 Å². The van der Waals surface area contributed by atoms with Gasteiger partial charge >= 0.3 is 5.97 Å². The van der Waals surface area contributed by atoms with Crippen LogP contribution in [0.3, 0.4) is 0 Å². The third-order valence-corrected chi connectivity index (χ3v) is 11.3. The van der Waals surface area contributed by atoms with Crippen LogP contribution in [0.25, 0.3) is 0 Å². The zero-order valence-electron chi connectivity index (χ0n) is 19.5. The third-order valence-electron chi connectivity index (χ3n) is 5.77. The molecule has 1 aliphatic heterocycles. The van der Waals surface area contributed by atoms with E-state index in [1.165, 1.54) is 11.3 Å². The molecule has 30 heavy (non-hydrogen) atoms. The van der Waals surface area contributed by atoms with Crippen molar-refractivity contribution in [2.45, 2.75) is 90.8 Å². The Kier molecular flexibility index (Phi) is 7.06. The number of thiophene rings is 1. The van der Waals surface area contributed by atoms with Gasteiger partial charge < -0.3 is 14.5 Å². The summed E-state index contributed by atoms with van der Waals surface area (Å²) in [6.07, 6.45) is -0.0614. The van der Waals surface area contributed by atoms with Crippen molar-refractivity contribution in [2.75, 3.05) is 0 Å². The van der Waals surface area contributed by atoms with Gasteiger partial charge in [-0.15, -0.1) is 11.3 Å². The van der Waals surface area contributed by atoms with E-state index >= 15 is 0 Å². The SMILES string of the molecule is C[C@H](O[Si](C)(C)C(C)(C)C)[C@H]1C(=O)N[C@@H]1CC(=O)c1cc(C(=O)OC(C)(C)C)cs1. The van der Waals surface area contributed by atoms with E-state index in [1.807, 2.05) is 6.92 Å². The maximum Gasteiger partial charge on any atom is 0.339 e. The van der Waals surface area contributed by atoms with Crippen LogP contribution in [0.4, 0.5) is 0 Å². The van der Waals surface area contributed by atoms with Gasteiger partial charge in [-0.3, -0.25) is 9.59 Å². The van der Waals surface area contributed by atoms with Crippen LogP contribution in [0.1, 0.15) is 74.9 Å². The number of hydrogen-bond acceptors (Lipinski definition) is 6. The second kappa shape index (κ2) is 8.55. The molecule has 0 spiro atoms. The first-order chi connectivity index (χ1) is 13.5. The van der Waals surface area contributed by atoms with Crippen molar-refractivity contribution in [3.05, 3.63) is 21.9 Å². The highest BCUT2D eigenvalue weighted by Crippen LogP contribution is 2.39. The molecule has 8 heteroatoms. The minimum atomic E-state index is -2.02. The van der Waals surface area contributed by atoms with Crippen LogP contribution >= 0.6 is 11.3 Å². The quantitative estimate of drug-likeness (QED) is 0.277. The molecule has 2 heterocycles. The normalized spacial score (nSPS) is 20.9. The van der Waals surface area contributed by atoms with Crippen molar-refractivity contribution in [3.8, 4) is 0 Å². The van der Waals surface area contributed by atoms with E-state index in [1.54, 1.807) is 32.2 Å². The molecule has 1 saturated heterocycles. The smallest absolute Gasteiger partial charge is 0.339 e. The largest absolute Gasteiger partial charge is 0.456 e. The van der Waals surface area contributed by atoms with Crippen molar-refractivity contribution in [1.82, 2.24) is 5.32 Å². The fourth-order valence-electron chi connectivity index (χ4n) is 3.12. The summed E-state index contributed by atoms with van der Waals surface area (Å²) in [5.41, 5.74) is -0.213. The molecule has 3 atom stereocenters. The average Bonchev–Trinajstić information content (AvgIpc) is 3.00. The molecule has 0 unspecified atom stereocenters. The molecule has 0 aliphatic carbocycles. The molecular weight excluding hydrogens is 418 g/mol. The van der Waals surface area contributed by atoms with Gasteiger partial charge in [0, 0.05) is 11.8 Å². The zero-order chi connectivity index (χ0) is 23.1. The maximum atomic E-state index is 12.8. The Morgan fingerprint density at radius 3 is 2.30 bits per heavy atom. The van der Waals surface area contributed by atoms with Crippen LogP contribution in [0.15, 0.2) is 11.4 Å². The second-order valence-corrected chi connectivity index (χ2v) is 16.2. The highest BCUT2D eigenvalue weighted by Gasteiger charge is 2.48. The maximum absolute atomic E-state index is 12.8. The number of esters is 1. The molecule has 1 N–H and O–H groups in total. The Labute approximate surface area is 184 Å². The Hall–Kier alpha value is -1.51. The summed E-state index contributed by atoms with van der Waals surface area (Å²) in [4.78, 5) is 37.7. The number of carbonyl (C=O) groups is 3. The molecule has 1 aromatic rings. The molecule has 0 bridgehead atoms. The van der Waals surface area contributed by atoms with Crippen LogP contribution in [0, 0.1) is 5.92 Å². The van der Waals surface area contributed by atoms with Crippen LogP contribution in [0.5, 0.6) is 0 Å². The summed E-state index contributed by atoms with van der Waals surface area (Å²) in [6, 6.07) is 1.32. The van der Waals surface area contributed by atoms with Crippen LogP contribution in [0.2, 0.25) is 18.1 Å². The number of Topliss-reactive ketones (excluding diaryl/α,β-unsaturated/α-hetero) is 1. The summed E-state index contributed by atoms with van der Waals surface area (Å²) < 4.78 is 11.7. The van der Waals surface area contributed by atoms with E-state index in [-0.39, 0.29) is 41.2 Å². The number of ketones is 1. The minimum absolute atomic E-state index is 0.0435. The fourth-order valence-corrected chi connectivity index (χ4v) is 5.37. The summed E-state index contributed by atoms with van der Waals surface area (Å²) in [5, 5.41) is 4.53. The Balaban J connectivity index is 2.02. The summed E-state index contributed by atoms with van der Waals surface area (Å²) in [5.74, 6) is -0.943. The molecule has 0 radical (unpaired) electrons. The number of amides is 1. The van der Waals surface area contributed by atoms with Gasteiger partial charge in [0.25, 0.3) is 0 Å². The molecular formula is C22H35NO5SSi. The van der Waals surface area contributed by atoms with Gasteiger partial charge in [0.2, 0.25) is 5.91 Å². The van der Waals surface area contributed by atoms with Gasteiger partial charge in [-0.05, 0) is 51.9 Å². The summed E-state index contributed by atoms with van der Waals surface area (Å²) in [7, 11) is -2.02. The van der Waals surface area contributed by atoms with Gasteiger partial charge in [0.05, 0.1) is 28.5 Å². The van der Waals surface area contributed by atoms with Crippen LogP contribution in [-0.4, -0.2) is 43.7 Å². The van der Waals surface area contributed by atoms with Crippen molar-refractivity contribution >= 4 is 37.3 Å². The first-order valence-electron chi connectivity index (χ1n) is 10.3. The van der Waals surface area contributed by atoms with Gasteiger partial charge in [0.1, 0.15) is 5.60 Å². The summed E-state index contributed by atoms with van der Waals surface area (Å²) >= 11 is 1.22.